The second-order valence-corrected chi connectivity index (χ2v) is 17.7. The fraction of sp³-hybridized carbons (Fsp3) is 0.481. The minimum atomic E-state index is -1.55. The molecule has 0 aliphatic heterocycles. The van der Waals surface area contributed by atoms with Crippen LogP contribution >= 0.6 is 0 Å². The molecule has 8 nitrogen and oxygen atoms in total. The van der Waals surface area contributed by atoms with Gasteiger partial charge in [0.2, 0.25) is 0 Å². The van der Waals surface area contributed by atoms with Crippen LogP contribution < -0.4 is 0 Å². The number of hydrogen-bond acceptors (Lipinski definition) is 4. The van der Waals surface area contributed by atoms with Gasteiger partial charge in [0, 0.05) is 0 Å². The summed E-state index contributed by atoms with van der Waals surface area (Å²) in [5, 5.41) is 42.1. The molecule has 0 fully saturated rings. The van der Waals surface area contributed by atoms with Crippen LogP contribution in [0.3, 0.4) is 0 Å². The molecule has 62 heavy (non-hydrogen) atoms. The Morgan fingerprint density at radius 3 is 1.34 bits per heavy atom. The lowest BCUT2D eigenvalue weighted by Crippen LogP contribution is -2.38. The summed E-state index contributed by atoms with van der Waals surface area (Å²) in [5.41, 5.74) is 6.36. The van der Waals surface area contributed by atoms with Crippen LogP contribution in [0.25, 0.3) is 0 Å². The molecule has 0 radical (unpaired) electrons. The molecule has 4 aromatic carbocycles. The summed E-state index contributed by atoms with van der Waals surface area (Å²) in [6, 6.07) is 36.0. The van der Waals surface area contributed by atoms with Crippen molar-refractivity contribution in [1.29, 1.82) is 0 Å². The summed E-state index contributed by atoms with van der Waals surface area (Å²) in [5.74, 6) is -12.4. The molecule has 0 bridgehead atoms. The van der Waals surface area contributed by atoms with E-state index in [1.165, 1.54) is 68.6 Å². The van der Waals surface area contributed by atoms with E-state index < -0.39 is 53.5 Å². The molecule has 0 amide bonds. The Morgan fingerprint density at radius 2 is 0.887 bits per heavy atom. The summed E-state index contributed by atoms with van der Waals surface area (Å²) in [6.07, 6.45) is 12.6. The van der Waals surface area contributed by atoms with Crippen molar-refractivity contribution in [2.24, 2.45) is 23.7 Å². The van der Waals surface area contributed by atoms with E-state index in [1.54, 1.807) is 30.3 Å². The molecule has 8 atom stereocenters. The van der Waals surface area contributed by atoms with E-state index in [2.05, 4.69) is 69.3 Å². The molecule has 4 rings (SSSR count). The molecular weight excluding hydrogens is 777 g/mol. The van der Waals surface area contributed by atoms with Crippen LogP contribution in [0, 0.1) is 23.7 Å². The van der Waals surface area contributed by atoms with Crippen molar-refractivity contribution in [3.05, 3.63) is 143 Å². The van der Waals surface area contributed by atoms with Crippen LogP contribution in [0.15, 0.2) is 109 Å². The van der Waals surface area contributed by atoms with E-state index in [1.807, 2.05) is 30.3 Å². The largest absolute Gasteiger partial charge is 0.481 e. The molecule has 0 saturated heterocycles. The highest BCUT2D eigenvalue weighted by Crippen LogP contribution is 2.45. The summed E-state index contributed by atoms with van der Waals surface area (Å²) >= 11 is 0. The predicted octanol–water partition coefficient (Wildman–Crippen LogP) is 12.8. The molecular formula is C54H70O8. The van der Waals surface area contributed by atoms with E-state index in [-0.39, 0.29) is 30.6 Å². The molecule has 334 valence electrons. The Balaban J connectivity index is 1.75. The third kappa shape index (κ3) is 15.0. The highest BCUT2D eigenvalue weighted by molar-refractivity contribution is 5.82. The molecule has 4 N–H and O–H groups in total. The fourth-order valence-electron chi connectivity index (χ4n) is 9.34. The van der Waals surface area contributed by atoms with Crippen LogP contribution in [-0.2, 0) is 32.0 Å². The van der Waals surface area contributed by atoms with Gasteiger partial charge >= 0.3 is 23.9 Å². The average molecular weight is 847 g/mol. The Hall–Kier alpha value is -5.24. The Bertz CT molecular complexity index is 1940. The molecule has 0 aliphatic rings. The van der Waals surface area contributed by atoms with Gasteiger partial charge in [0.25, 0.3) is 0 Å². The van der Waals surface area contributed by atoms with Crippen molar-refractivity contribution < 1.29 is 39.6 Å². The lowest BCUT2D eigenvalue weighted by molar-refractivity contribution is -0.157. The van der Waals surface area contributed by atoms with Gasteiger partial charge < -0.3 is 20.4 Å². The molecule has 8 heteroatoms. The second-order valence-electron chi connectivity index (χ2n) is 17.7. The normalized spacial score (nSPS) is 15.4. The van der Waals surface area contributed by atoms with Crippen LogP contribution in [-0.4, -0.2) is 44.3 Å². The number of carboxylic acid groups (broad SMARTS) is 4. The lowest BCUT2D eigenvalue weighted by atomic mass is 9.68. The van der Waals surface area contributed by atoms with Crippen molar-refractivity contribution in [2.75, 3.05) is 0 Å². The quantitative estimate of drug-likeness (QED) is 0.0395. The minimum Gasteiger partial charge on any atom is -0.481 e. The smallest absolute Gasteiger partial charge is 0.307 e. The number of carboxylic acids is 4. The Morgan fingerprint density at radius 1 is 0.435 bits per heavy atom. The molecule has 0 saturated carbocycles. The van der Waals surface area contributed by atoms with E-state index in [4.69, 9.17) is 0 Å². The molecule has 4 aromatic rings. The van der Waals surface area contributed by atoms with E-state index in [0.29, 0.717) is 12.0 Å². The molecule has 8 unspecified atom stereocenters. The van der Waals surface area contributed by atoms with E-state index in [0.717, 1.165) is 36.8 Å². The first-order chi connectivity index (χ1) is 29.8. The van der Waals surface area contributed by atoms with Crippen LogP contribution in [0.2, 0.25) is 0 Å². The monoisotopic (exact) mass is 847 g/mol. The summed E-state index contributed by atoms with van der Waals surface area (Å²) in [6.45, 7) is 7.97. The number of rotatable bonds is 29. The van der Waals surface area contributed by atoms with Crippen molar-refractivity contribution >= 4 is 23.9 Å². The van der Waals surface area contributed by atoms with Gasteiger partial charge in [-0.15, -0.1) is 0 Å². The van der Waals surface area contributed by atoms with Gasteiger partial charge in [-0.2, -0.15) is 0 Å². The van der Waals surface area contributed by atoms with Gasteiger partial charge in [0.15, 0.2) is 0 Å². The zero-order chi connectivity index (χ0) is 45.0. The number of unbranched alkanes of at least 4 members (excludes halogenated alkanes) is 6. The van der Waals surface area contributed by atoms with E-state index in [9.17, 15) is 39.6 Å². The highest BCUT2D eigenvalue weighted by Gasteiger charge is 2.45. The zero-order valence-electron chi connectivity index (χ0n) is 37.3. The summed E-state index contributed by atoms with van der Waals surface area (Å²) in [7, 11) is 0. The SMILES string of the molecule is CCCCCCc1ccc(C(C)CC(CC(CC(C(=O)O)C(C(=O)O)C(CC(C(=O)O)C(C)C(=O)O)c2ccccc2)c2ccccc2)c2ccc(CCCCCC)cc2)cc1. The average Bonchev–Trinajstić information content (AvgIpc) is 3.27. The highest BCUT2D eigenvalue weighted by atomic mass is 16.4. The number of benzene rings is 4. The van der Waals surface area contributed by atoms with Gasteiger partial charge in [-0.1, -0.05) is 175 Å². The minimum absolute atomic E-state index is 0.00600. The van der Waals surface area contributed by atoms with Crippen LogP contribution in [0.4, 0.5) is 0 Å². The molecule has 0 spiro atoms. The Labute approximate surface area is 369 Å². The van der Waals surface area contributed by atoms with Gasteiger partial charge in [-0.3, -0.25) is 19.2 Å². The van der Waals surface area contributed by atoms with Gasteiger partial charge in [0.1, 0.15) is 0 Å². The standard InChI is InChI=1S/C54H70O8/c1-5-7-9-13-19-39-25-29-41(30-26-39)37(3)33-45(43-31-27-40(28-32-43)20-14-10-8-6-2)34-46(42-21-15-11-16-22-42)35-49(53(59)60)50(54(61)62)48(44-23-17-12-18-24-44)36-47(52(57)58)38(4)51(55)56/h11-12,15-18,21-32,37-38,45-50H,5-10,13-14,19-20,33-36H2,1-4H3,(H,55,56)(H,57,58)(H,59,60)(H,61,62). The topological polar surface area (TPSA) is 149 Å². The first kappa shape index (κ1) is 49.4. The number of aryl methyl sites for hydroxylation is 2. The third-order valence-electron chi connectivity index (χ3n) is 13.2. The van der Waals surface area contributed by atoms with Crippen molar-refractivity contribution in [2.45, 2.75) is 141 Å². The molecule has 0 heterocycles. The maximum atomic E-state index is 13.5. The predicted molar refractivity (Wildman–Crippen MR) is 247 cm³/mol. The van der Waals surface area contributed by atoms with Gasteiger partial charge in [-0.05, 0) is 108 Å². The first-order valence-electron chi connectivity index (χ1n) is 23.0. The van der Waals surface area contributed by atoms with Crippen LogP contribution in [0.5, 0.6) is 0 Å². The second kappa shape index (κ2) is 25.6. The number of aliphatic carboxylic acids is 4. The van der Waals surface area contributed by atoms with Crippen molar-refractivity contribution in [1.82, 2.24) is 0 Å². The molecule has 0 aromatic heterocycles. The molecule has 0 aliphatic carbocycles. The van der Waals surface area contributed by atoms with Crippen LogP contribution in [0.1, 0.15) is 162 Å². The first-order valence-corrected chi connectivity index (χ1v) is 23.0. The van der Waals surface area contributed by atoms with Gasteiger partial charge in [0.05, 0.1) is 23.7 Å². The zero-order valence-corrected chi connectivity index (χ0v) is 37.3. The van der Waals surface area contributed by atoms with Gasteiger partial charge in [-0.25, -0.2) is 0 Å². The lowest BCUT2D eigenvalue weighted by Gasteiger charge is -2.34. The van der Waals surface area contributed by atoms with Crippen molar-refractivity contribution in [3.8, 4) is 0 Å². The number of hydrogen-bond donors (Lipinski definition) is 4. The van der Waals surface area contributed by atoms with Crippen molar-refractivity contribution in [3.63, 3.8) is 0 Å². The number of carbonyl (C=O) groups is 4. The maximum absolute atomic E-state index is 13.5. The maximum Gasteiger partial charge on any atom is 0.307 e. The fourth-order valence-corrected chi connectivity index (χ4v) is 9.34. The Kier molecular flexibility index (Phi) is 20.4. The third-order valence-corrected chi connectivity index (χ3v) is 13.2. The van der Waals surface area contributed by atoms with E-state index >= 15 is 0 Å². The summed E-state index contributed by atoms with van der Waals surface area (Å²) in [4.78, 5) is 51.7. The summed E-state index contributed by atoms with van der Waals surface area (Å²) < 4.78 is 0.